The largest absolute Gasteiger partial charge is 0.348 e. The van der Waals surface area contributed by atoms with E-state index in [2.05, 4.69) is 22.2 Å². The first-order valence-corrected chi connectivity index (χ1v) is 4.86. The Morgan fingerprint density at radius 1 is 1.36 bits per heavy atom. The van der Waals surface area contributed by atoms with Crippen molar-refractivity contribution in [3.05, 3.63) is 18.0 Å². The Morgan fingerprint density at radius 3 is 2.36 bits per heavy atom. The number of hydrogen-bond acceptors (Lipinski definition) is 4. The number of hydrogen-bond donors (Lipinski definition) is 2. The third-order valence-corrected chi connectivity index (χ3v) is 2.07. The summed E-state index contributed by atoms with van der Waals surface area (Å²) in [5.74, 6) is 0.637. The smallest absolute Gasteiger partial charge is 0.223 e. The van der Waals surface area contributed by atoms with Crippen molar-refractivity contribution in [2.24, 2.45) is 5.73 Å². The van der Waals surface area contributed by atoms with Crippen LogP contribution in [0.15, 0.2) is 12.4 Å². The summed E-state index contributed by atoms with van der Waals surface area (Å²) in [7, 11) is 0. The monoisotopic (exact) mass is 194 g/mol. The Balaban J connectivity index is 2.69. The predicted molar refractivity (Wildman–Crippen MR) is 58.2 cm³/mol. The molecule has 0 spiro atoms. The molecule has 0 amide bonds. The molecule has 0 aliphatic carbocycles. The number of nitrogens with one attached hydrogen (secondary N) is 1. The Bertz CT molecular complexity index is 279. The van der Waals surface area contributed by atoms with Crippen LogP contribution >= 0.6 is 0 Å². The molecular weight excluding hydrogens is 176 g/mol. The molecular formula is C10H18N4. The molecule has 4 nitrogen and oxygen atoms in total. The summed E-state index contributed by atoms with van der Waals surface area (Å²) >= 11 is 0. The fourth-order valence-corrected chi connectivity index (χ4v) is 0.956. The second-order valence-electron chi connectivity index (χ2n) is 3.98. The lowest BCUT2D eigenvalue weighted by Crippen LogP contribution is -2.39. The summed E-state index contributed by atoms with van der Waals surface area (Å²) in [4.78, 5) is 8.41. The Kier molecular flexibility index (Phi) is 3.41. The summed E-state index contributed by atoms with van der Waals surface area (Å²) in [6.07, 6.45) is 4.63. The number of rotatable bonds is 4. The fourth-order valence-electron chi connectivity index (χ4n) is 0.956. The second kappa shape index (κ2) is 4.37. The molecule has 4 heteroatoms. The standard InChI is InChI=1S/C10H18N4/c1-4-8-5-12-9(13-6-8)14-10(2,3)7-11/h5-6H,4,7,11H2,1-3H3,(H,12,13,14). The molecule has 0 saturated heterocycles. The van der Waals surface area contributed by atoms with Crippen LogP contribution in [-0.2, 0) is 6.42 Å². The highest BCUT2D eigenvalue weighted by molar-refractivity contribution is 5.28. The van der Waals surface area contributed by atoms with Gasteiger partial charge in [0.1, 0.15) is 0 Å². The van der Waals surface area contributed by atoms with Crippen LogP contribution in [-0.4, -0.2) is 22.1 Å². The van der Waals surface area contributed by atoms with Gasteiger partial charge in [-0.15, -0.1) is 0 Å². The van der Waals surface area contributed by atoms with E-state index in [1.54, 1.807) is 0 Å². The van der Waals surface area contributed by atoms with Gasteiger partial charge in [-0.05, 0) is 25.8 Å². The van der Waals surface area contributed by atoms with Crippen molar-refractivity contribution in [3.8, 4) is 0 Å². The molecule has 1 aromatic heterocycles. The van der Waals surface area contributed by atoms with Gasteiger partial charge in [-0.25, -0.2) is 9.97 Å². The van der Waals surface area contributed by atoms with Gasteiger partial charge < -0.3 is 11.1 Å². The molecule has 78 valence electrons. The Hall–Kier alpha value is -1.16. The minimum Gasteiger partial charge on any atom is -0.348 e. The van der Waals surface area contributed by atoms with Crippen LogP contribution in [0.25, 0.3) is 0 Å². The maximum absolute atomic E-state index is 5.59. The zero-order chi connectivity index (χ0) is 10.6. The van der Waals surface area contributed by atoms with Crippen molar-refractivity contribution < 1.29 is 0 Å². The van der Waals surface area contributed by atoms with E-state index < -0.39 is 0 Å². The van der Waals surface area contributed by atoms with Crippen molar-refractivity contribution in [2.75, 3.05) is 11.9 Å². The van der Waals surface area contributed by atoms with Gasteiger partial charge in [-0.3, -0.25) is 0 Å². The minimum atomic E-state index is -0.159. The molecule has 1 heterocycles. The molecule has 3 N–H and O–H groups in total. The summed E-state index contributed by atoms with van der Waals surface area (Å²) in [5.41, 5.74) is 6.57. The molecule has 0 bridgehead atoms. The van der Waals surface area contributed by atoms with E-state index in [0.29, 0.717) is 12.5 Å². The summed E-state index contributed by atoms with van der Waals surface area (Å²) < 4.78 is 0. The van der Waals surface area contributed by atoms with Crippen molar-refractivity contribution >= 4 is 5.95 Å². The topological polar surface area (TPSA) is 63.8 Å². The summed E-state index contributed by atoms with van der Waals surface area (Å²) in [6.45, 7) is 6.66. The fraction of sp³-hybridized carbons (Fsp3) is 0.600. The number of aryl methyl sites for hydroxylation is 1. The highest BCUT2D eigenvalue weighted by Gasteiger charge is 2.15. The SMILES string of the molecule is CCc1cnc(NC(C)(C)CN)nc1. The van der Waals surface area contributed by atoms with E-state index in [0.717, 1.165) is 12.0 Å². The van der Waals surface area contributed by atoms with E-state index in [1.165, 1.54) is 0 Å². The first kappa shape index (κ1) is 10.9. The average Bonchev–Trinajstić information content (AvgIpc) is 2.19. The zero-order valence-corrected chi connectivity index (χ0v) is 9.04. The Morgan fingerprint density at radius 2 is 1.93 bits per heavy atom. The van der Waals surface area contributed by atoms with Gasteiger partial charge in [0.25, 0.3) is 0 Å². The van der Waals surface area contributed by atoms with Crippen molar-refractivity contribution in [3.63, 3.8) is 0 Å². The average molecular weight is 194 g/mol. The van der Waals surface area contributed by atoms with Crippen molar-refractivity contribution in [1.29, 1.82) is 0 Å². The van der Waals surface area contributed by atoms with Crippen LogP contribution in [0.4, 0.5) is 5.95 Å². The normalized spacial score (nSPS) is 11.4. The van der Waals surface area contributed by atoms with Gasteiger partial charge in [0.05, 0.1) is 0 Å². The quantitative estimate of drug-likeness (QED) is 0.755. The van der Waals surface area contributed by atoms with Gasteiger partial charge in [-0.1, -0.05) is 6.92 Å². The second-order valence-corrected chi connectivity index (χ2v) is 3.98. The van der Waals surface area contributed by atoms with Crippen LogP contribution in [0.1, 0.15) is 26.3 Å². The summed E-state index contributed by atoms with van der Waals surface area (Å²) in [5, 5.41) is 3.17. The number of nitrogens with zero attached hydrogens (tertiary/aromatic N) is 2. The molecule has 14 heavy (non-hydrogen) atoms. The molecule has 0 radical (unpaired) electrons. The Labute approximate surface area is 85.0 Å². The maximum atomic E-state index is 5.59. The minimum absolute atomic E-state index is 0.159. The molecule has 0 aliphatic heterocycles. The van der Waals surface area contributed by atoms with Crippen LogP contribution in [0.3, 0.4) is 0 Å². The molecule has 0 aliphatic rings. The van der Waals surface area contributed by atoms with E-state index >= 15 is 0 Å². The first-order valence-electron chi connectivity index (χ1n) is 4.86. The highest BCUT2D eigenvalue weighted by Crippen LogP contribution is 2.08. The van der Waals surface area contributed by atoms with Gasteiger partial charge in [0, 0.05) is 24.5 Å². The van der Waals surface area contributed by atoms with Crippen molar-refractivity contribution in [1.82, 2.24) is 9.97 Å². The number of aromatic nitrogens is 2. The van der Waals surface area contributed by atoms with Gasteiger partial charge in [-0.2, -0.15) is 0 Å². The number of nitrogens with two attached hydrogens (primary N) is 1. The molecule has 0 atom stereocenters. The lowest BCUT2D eigenvalue weighted by molar-refractivity contribution is 0.574. The van der Waals surface area contributed by atoms with E-state index in [9.17, 15) is 0 Å². The van der Waals surface area contributed by atoms with Crippen molar-refractivity contribution in [2.45, 2.75) is 32.7 Å². The van der Waals surface area contributed by atoms with Gasteiger partial charge in [0.15, 0.2) is 0 Å². The van der Waals surface area contributed by atoms with E-state index in [-0.39, 0.29) is 5.54 Å². The van der Waals surface area contributed by atoms with Crippen LogP contribution in [0, 0.1) is 0 Å². The van der Waals surface area contributed by atoms with E-state index in [1.807, 2.05) is 26.2 Å². The predicted octanol–water partition coefficient (Wildman–Crippen LogP) is 1.19. The molecule has 0 saturated carbocycles. The van der Waals surface area contributed by atoms with Crippen LogP contribution in [0.5, 0.6) is 0 Å². The summed E-state index contributed by atoms with van der Waals surface area (Å²) in [6, 6.07) is 0. The first-order chi connectivity index (χ1) is 6.57. The molecule has 1 rings (SSSR count). The lowest BCUT2D eigenvalue weighted by atomic mass is 10.1. The molecule has 0 aromatic carbocycles. The van der Waals surface area contributed by atoms with Gasteiger partial charge >= 0.3 is 0 Å². The van der Waals surface area contributed by atoms with Crippen LogP contribution < -0.4 is 11.1 Å². The molecule has 0 fully saturated rings. The molecule has 1 aromatic rings. The molecule has 0 unspecified atom stereocenters. The lowest BCUT2D eigenvalue weighted by Gasteiger charge is -2.23. The zero-order valence-electron chi connectivity index (χ0n) is 9.04. The van der Waals surface area contributed by atoms with Gasteiger partial charge in [0.2, 0.25) is 5.95 Å². The third-order valence-electron chi connectivity index (χ3n) is 2.07. The number of anilines is 1. The maximum Gasteiger partial charge on any atom is 0.223 e. The third kappa shape index (κ3) is 2.96. The van der Waals surface area contributed by atoms with E-state index in [4.69, 9.17) is 5.73 Å². The highest BCUT2D eigenvalue weighted by atomic mass is 15.1. The van der Waals surface area contributed by atoms with Crippen LogP contribution in [0.2, 0.25) is 0 Å².